The Bertz CT molecular complexity index is 556. The van der Waals surface area contributed by atoms with Crippen molar-refractivity contribution in [2.45, 2.75) is 12.1 Å². The van der Waals surface area contributed by atoms with Crippen molar-refractivity contribution < 1.29 is 18.7 Å². The van der Waals surface area contributed by atoms with Crippen LogP contribution in [0.25, 0.3) is 0 Å². The van der Waals surface area contributed by atoms with E-state index in [1.807, 2.05) is 6.07 Å². The molecule has 3 rings (SSSR count). The van der Waals surface area contributed by atoms with Crippen molar-refractivity contribution in [3.8, 4) is 0 Å². The van der Waals surface area contributed by atoms with Gasteiger partial charge in [-0.2, -0.15) is 0 Å². The molecular formula is C17H26Cl2FN3O3. The van der Waals surface area contributed by atoms with Crippen molar-refractivity contribution in [1.82, 2.24) is 15.5 Å². The fraction of sp³-hybridized carbons (Fsp3) is 0.588. The Morgan fingerprint density at radius 3 is 2.73 bits per heavy atom. The van der Waals surface area contributed by atoms with Crippen LogP contribution in [0.3, 0.4) is 0 Å². The first-order valence-electron chi connectivity index (χ1n) is 8.41. The molecule has 148 valence electrons. The molecule has 2 N–H and O–H groups in total. The molecule has 2 aliphatic heterocycles. The summed E-state index contributed by atoms with van der Waals surface area (Å²) in [5.74, 6) is -0.395. The Balaban J connectivity index is 0.00000169. The van der Waals surface area contributed by atoms with E-state index < -0.39 is 6.10 Å². The fourth-order valence-corrected chi connectivity index (χ4v) is 3.11. The zero-order chi connectivity index (χ0) is 16.8. The highest BCUT2D eigenvalue weighted by Gasteiger charge is 2.26. The molecular weight excluding hydrogens is 384 g/mol. The number of carbonyl (C=O) groups is 1. The zero-order valence-electron chi connectivity index (χ0n) is 14.5. The van der Waals surface area contributed by atoms with Crippen LogP contribution in [0.5, 0.6) is 0 Å². The number of hydrogen-bond donors (Lipinski definition) is 2. The van der Waals surface area contributed by atoms with E-state index in [9.17, 15) is 9.18 Å². The molecule has 9 heteroatoms. The van der Waals surface area contributed by atoms with Gasteiger partial charge in [-0.3, -0.25) is 9.69 Å². The van der Waals surface area contributed by atoms with E-state index in [-0.39, 0.29) is 42.6 Å². The number of morpholine rings is 2. The molecule has 2 heterocycles. The Morgan fingerprint density at radius 1 is 1.31 bits per heavy atom. The first-order valence-corrected chi connectivity index (χ1v) is 8.41. The van der Waals surface area contributed by atoms with Crippen LogP contribution in [0.2, 0.25) is 0 Å². The monoisotopic (exact) mass is 409 g/mol. The van der Waals surface area contributed by atoms with E-state index in [4.69, 9.17) is 9.47 Å². The van der Waals surface area contributed by atoms with Gasteiger partial charge in [-0.15, -0.1) is 24.8 Å². The van der Waals surface area contributed by atoms with Crippen LogP contribution in [0.1, 0.15) is 11.6 Å². The number of ether oxygens (including phenoxy) is 2. The molecule has 26 heavy (non-hydrogen) atoms. The quantitative estimate of drug-likeness (QED) is 0.763. The Morgan fingerprint density at radius 2 is 2.08 bits per heavy atom. The lowest BCUT2D eigenvalue weighted by Crippen LogP contribution is -2.50. The molecule has 1 aromatic carbocycles. The Hall–Kier alpha value is -0.960. The third-order valence-electron chi connectivity index (χ3n) is 4.41. The van der Waals surface area contributed by atoms with E-state index in [0.717, 1.165) is 25.2 Å². The van der Waals surface area contributed by atoms with Crippen molar-refractivity contribution in [2.24, 2.45) is 0 Å². The average Bonchev–Trinajstić information content (AvgIpc) is 2.63. The van der Waals surface area contributed by atoms with Crippen LogP contribution < -0.4 is 10.6 Å². The second-order valence-corrected chi connectivity index (χ2v) is 6.03. The van der Waals surface area contributed by atoms with Crippen LogP contribution in [-0.4, -0.2) is 69.5 Å². The highest BCUT2D eigenvalue weighted by molar-refractivity contribution is 5.85. The standard InChI is InChI=1S/C17H24FN3O3.2ClH/c18-14-3-1-2-13(10-14)15(21-5-8-23-9-6-21)11-20-17(22)16-12-19-4-7-24-16;;/h1-3,10,15-16,19H,4-9,11-12H2,(H,20,22);2*1H. The van der Waals surface area contributed by atoms with Crippen LogP contribution in [-0.2, 0) is 14.3 Å². The molecule has 2 unspecified atom stereocenters. The highest BCUT2D eigenvalue weighted by Crippen LogP contribution is 2.22. The summed E-state index contributed by atoms with van der Waals surface area (Å²) in [5, 5.41) is 6.10. The summed E-state index contributed by atoms with van der Waals surface area (Å²) >= 11 is 0. The lowest BCUT2D eigenvalue weighted by atomic mass is 10.0. The maximum Gasteiger partial charge on any atom is 0.250 e. The Labute approximate surface area is 165 Å². The van der Waals surface area contributed by atoms with E-state index in [1.54, 1.807) is 6.07 Å². The van der Waals surface area contributed by atoms with Crippen molar-refractivity contribution in [3.05, 3.63) is 35.6 Å². The minimum absolute atomic E-state index is 0. The van der Waals surface area contributed by atoms with Gasteiger partial charge in [0, 0.05) is 32.7 Å². The van der Waals surface area contributed by atoms with Gasteiger partial charge in [-0.05, 0) is 17.7 Å². The van der Waals surface area contributed by atoms with Crippen LogP contribution in [0.4, 0.5) is 4.39 Å². The lowest BCUT2D eigenvalue weighted by Gasteiger charge is -2.35. The minimum Gasteiger partial charge on any atom is -0.379 e. The number of benzene rings is 1. The molecule has 2 aliphatic rings. The van der Waals surface area contributed by atoms with Gasteiger partial charge in [0.15, 0.2) is 0 Å². The molecule has 0 aromatic heterocycles. The molecule has 2 atom stereocenters. The van der Waals surface area contributed by atoms with E-state index in [1.165, 1.54) is 12.1 Å². The normalized spacial score (nSPS) is 21.8. The number of nitrogens with zero attached hydrogens (tertiary/aromatic N) is 1. The summed E-state index contributed by atoms with van der Waals surface area (Å²) in [5.41, 5.74) is 0.861. The minimum atomic E-state index is -0.461. The van der Waals surface area contributed by atoms with Crippen molar-refractivity contribution in [3.63, 3.8) is 0 Å². The summed E-state index contributed by atoms with van der Waals surface area (Å²) in [4.78, 5) is 14.5. The van der Waals surface area contributed by atoms with E-state index in [0.29, 0.717) is 32.9 Å². The van der Waals surface area contributed by atoms with Crippen molar-refractivity contribution in [2.75, 3.05) is 52.5 Å². The topological polar surface area (TPSA) is 62.8 Å². The number of amides is 1. The Kier molecular flexibility index (Phi) is 10.4. The van der Waals surface area contributed by atoms with Gasteiger partial charge < -0.3 is 20.1 Å². The van der Waals surface area contributed by atoms with E-state index in [2.05, 4.69) is 15.5 Å². The maximum absolute atomic E-state index is 13.6. The fourth-order valence-electron chi connectivity index (χ4n) is 3.11. The number of hydrogen-bond acceptors (Lipinski definition) is 5. The summed E-state index contributed by atoms with van der Waals surface area (Å²) in [7, 11) is 0. The van der Waals surface area contributed by atoms with Gasteiger partial charge in [-0.25, -0.2) is 4.39 Å². The van der Waals surface area contributed by atoms with Crippen molar-refractivity contribution >= 4 is 30.7 Å². The summed E-state index contributed by atoms with van der Waals surface area (Å²) in [6, 6.07) is 6.48. The number of carbonyl (C=O) groups excluding carboxylic acids is 1. The molecule has 2 fully saturated rings. The van der Waals surface area contributed by atoms with Gasteiger partial charge in [0.25, 0.3) is 5.91 Å². The number of nitrogens with one attached hydrogen (secondary N) is 2. The van der Waals surface area contributed by atoms with Crippen LogP contribution in [0, 0.1) is 5.82 Å². The smallest absolute Gasteiger partial charge is 0.250 e. The molecule has 0 saturated carbocycles. The summed E-state index contributed by atoms with van der Waals surface area (Å²) < 4.78 is 24.5. The molecule has 0 radical (unpaired) electrons. The van der Waals surface area contributed by atoms with Gasteiger partial charge >= 0.3 is 0 Å². The molecule has 2 saturated heterocycles. The van der Waals surface area contributed by atoms with E-state index >= 15 is 0 Å². The van der Waals surface area contributed by atoms with Crippen LogP contribution in [0.15, 0.2) is 24.3 Å². The van der Waals surface area contributed by atoms with Gasteiger partial charge in [0.05, 0.1) is 25.9 Å². The maximum atomic E-state index is 13.6. The van der Waals surface area contributed by atoms with Crippen LogP contribution >= 0.6 is 24.8 Å². The molecule has 1 amide bonds. The number of halogens is 3. The summed E-state index contributed by atoms with van der Waals surface area (Å²) in [6.07, 6.45) is -0.461. The molecule has 0 spiro atoms. The predicted molar refractivity (Wildman–Crippen MR) is 102 cm³/mol. The van der Waals surface area contributed by atoms with Gasteiger partial charge in [0.2, 0.25) is 0 Å². The second-order valence-electron chi connectivity index (χ2n) is 6.03. The third-order valence-corrected chi connectivity index (χ3v) is 4.41. The predicted octanol–water partition coefficient (Wildman–Crippen LogP) is 1.15. The zero-order valence-corrected chi connectivity index (χ0v) is 16.1. The largest absolute Gasteiger partial charge is 0.379 e. The molecule has 1 aromatic rings. The SMILES string of the molecule is Cl.Cl.O=C(NCC(c1cccc(F)c1)N1CCOCC1)C1CNCCO1. The van der Waals surface area contributed by atoms with Gasteiger partial charge in [-0.1, -0.05) is 12.1 Å². The highest BCUT2D eigenvalue weighted by atomic mass is 35.5. The molecule has 0 bridgehead atoms. The summed E-state index contributed by atoms with van der Waals surface area (Å²) in [6.45, 7) is 5.07. The molecule has 6 nitrogen and oxygen atoms in total. The second kappa shape index (κ2) is 11.7. The third kappa shape index (κ3) is 6.33. The first kappa shape index (κ1) is 23.1. The molecule has 0 aliphatic carbocycles. The first-order chi connectivity index (χ1) is 11.7. The average molecular weight is 410 g/mol. The van der Waals surface area contributed by atoms with Crippen molar-refractivity contribution in [1.29, 1.82) is 0 Å². The number of rotatable bonds is 5. The lowest BCUT2D eigenvalue weighted by molar-refractivity contribution is -0.134. The van der Waals surface area contributed by atoms with Gasteiger partial charge in [0.1, 0.15) is 11.9 Å².